The Balaban J connectivity index is 1.08. The van der Waals surface area contributed by atoms with Crippen molar-refractivity contribution in [2.24, 2.45) is 5.11 Å². The smallest absolute Gasteiger partial charge is 0.449 e. The second-order valence-corrected chi connectivity index (χ2v) is 27.9. The minimum absolute atomic E-state index is 0.00290. The van der Waals surface area contributed by atoms with Gasteiger partial charge >= 0.3 is 20.1 Å². The molecular weight excluding hydrogens is 1080 g/mol. The van der Waals surface area contributed by atoms with Gasteiger partial charge in [-0.3, -0.25) is 13.6 Å². The Hall–Kier alpha value is -6.26. The third-order valence-electron chi connectivity index (χ3n) is 15.1. The van der Waals surface area contributed by atoms with Crippen LogP contribution < -0.4 is 5.32 Å². The lowest BCUT2D eigenvalue weighted by atomic mass is 9.96. The fraction of sp³-hybridized carbons (Fsp3) is 0.424. The van der Waals surface area contributed by atoms with Gasteiger partial charge in [-0.1, -0.05) is 172 Å². The molecule has 0 saturated carbocycles. The topological polar surface area (TPSA) is 243 Å². The van der Waals surface area contributed by atoms with Gasteiger partial charge in [0.1, 0.15) is 49.7 Å². The number of carbonyl (C=O) groups excluding carboxylic acids is 2. The van der Waals surface area contributed by atoms with E-state index in [2.05, 4.69) is 21.9 Å². The largest absolute Gasteiger partial charge is 0.509 e. The molecule has 3 aliphatic heterocycles. The maximum Gasteiger partial charge on any atom is 0.509 e. The lowest BCUT2D eigenvalue weighted by Gasteiger charge is -2.48. The monoisotopic (exact) mass is 1150 g/mol. The van der Waals surface area contributed by atoms with Gasteiger partial charge in [-0.05, 0) is 68.2 Å². The third kappa shape index (κ3) is 14.5. The Bertz CT molecular complexity index is 2960. The van der Waals surface area contributed by atoms with E-state index in [9.17, 15) is 24.8 Å². The van der Waals surface area contributed by atoms with Crippen LogP contribution in [0.5, 0.6) is 0 Å². The van der Waals surface area contributed by atoms with Crippen molar-refractivity contribution in [3.63, 3.8) is 0 Å². The number of hydrogen-bond donors (Lipinski definition) is 2. The molecule has 1 aliphatic carbocycles. The first-order valence-electron chi connectivity index (χ1n) is 26.8. The van der Waals surface area contributed by atoms with Gasteiger partial charge in [0.05, 0.1) is 45.7 Å². The minimum atomic E-state index is -4.62. The number of ether oxygens (including phenoxy) is 8. The number of phosphoric ester groups is 1. The average molecular weight is 1150 g/mol. The van der Waals surface area contributed by atoms with Crippen LogP contribution in [0.25, 0.3) is 21.6 Å². The van der Waals surface area contributed by atoms with Gasteiger partial charge in [-0.2, -0.15) is 0 Å². The maximum atomic E-state index is 14.9. The van der Waals surface area contributed by atoms with Crippen molar-refractivity contribution in [2.45, 2.75) is 133 Å². The van der Waals surface area contributed by atoms with Crippen LogP contribution in [0.1, 0.15) is 60.1 Å². The molecule has 22 heteroatoms. The van der Waals surface area contributed by atoms with E-state index in [1.54, 1.807) is 12.1 Å². The summed E-state index contributed by atoms with van der Waals surface area (Å²) in [5.41, 5.74) is 16.7. The summed E-state index contributed by atoms with van der Waals surface area (Å²) < 4.78 is 90.6. The highest BCUT2D eigenvalue weighted by atomic mass is 31.2. The zero-order chi connectivity index (χ0) is 57.2. The number of azide groups is 1. The van der Waals surface area contributed by atoms with E-state index < -0.39 is 96.3 Å². The molecule has 9 rings (SSSR count). The van der Waals surface area contributed by atoms with Crippen molar-refractivity contribution in [3.8, 4) is 11.1 Å². The predicted molar refractivity (Wildman–Crippen MR) is 299 cm³/mol. The Morgan fingerprint density at radius 1 is 0.753 bits per heavy atom. The van der Waals surface area contributed by atoms with Crippen LogP contribution in [0, 0.1) is 0 Å². The highest BCUT2D eigenvalue weighted by Crippen LogP contribution is 2.55. The number of fused-ring (bicyclic) bond motifs is 4. The third-order valence-corrected chi connectivity index (χ3v) is 20.9. The number of carbonyl (C=O) groups is 2. The molecule has 2 N–H and O–H groups in total. The number of aliphatic hydroxyl groups is 1. The molecule has 430 valence electrons. The molecule has 0 aromatic heterocycles. The molecule has 20 nitrogen and oxygen atoms in total. The molecule has 0 radical (unpaired) electrons. The molecule has 1 amide bonds. The molecule has 5 aromatic carbocycles. The number of benzene rings is 5. The summed E-state index contributed by atoms with van der Waals surface area (Å²) in [6, 6.07) is 38.7. The summed E-state index contributed by atoms with van der Waals surface area (Å²) >= 11 is 0. The van der Waals surface area contributed by atoms with Crippen molar-refractivity contribution in [1.82, 2.24) is 5.32 Å². The van der Waals surface area contributed by atoms with Gasteiger partial charge in [0, 0.05) is 10.8 Å². The van der Waals surface area contributed by atoms with Crippen LogP contribution >= 0.6 is 7.82 Å². The van der Waals surface area contributed by atoms with E-state index in [1.807, 2.05) is 155 Å². The van der Waals surface area contributed by atoms with Crippen molar-refractivity contribution >= 4 is 28.4 Å². The number of aliphatic hydroxyl groups excluding tert-OH is 1. The number of phosphoric acid groups is 1. The normalized spacial score (nSPS) is 25.2. The van der Waals surface area contributed by atoms with Crippen LogP contribution in [-0.4, -0.2) is 113 Å². The maximum absolute atomic E-state index is 14.9. The number of alkyl carbamates (subject to hydrolysis) is 1. The van der Waals surface area contributed by atoms with Gasteiger partial charge in [-0.15, -0.1) is 0 Å². The first-order chi connectivity index (χ1) is 39.0. The quantitative estimate of drug-likeness (QED) is 0.0132. The Morgan fingerprint density at radius 2 is 1.32 bits per heavy atom. The van der Waals surface area contributed by atoms with E-state index in [1.165, 1.54) is 6.08 Å². The zero-order valence-electron chi connectivity index (χ0n) is 45.9. The summed E-state index contributed by atoms with van der Waals surface area (Å²) in [7, 11) is -7.34. The number of rotatable bonds is 21. The average Bonchev–Trinajstić information content (AvgIpc) is 3.73. The molecule has 0 bridgehead atoms. The van der Waals surface area contributed by atoms with Crippen molar-refractivity contribution in [3.05, 3.63) is 190 Å². The van der Waals surface area contributed by atoms with Crippen LogP contribution in [0.15, 0.2) is 151 Å². The molecule has 81 heavy (non-hydrogen) atoms. The molecular formula is C59H69N4O16PSi. The van der Waals surface area contributed by atoms with E-state index >= 15 is 0 Å². The van der Waals surface area contributed by atoms with Gasteiger partial charge in [0.25, 0.3) is 0 Å². The highest BCUT2D eigenvalue weighted by Gasteiger charge is 2.56. The van der Waals surface area contributed by atoms with Gasteiger partial charge in [0.2, 0.25) is 0 Å². The van der Waals surface area contributed by atoms with Gasteiger partial charge in [0.15, 0.2) is 27.0 Å². The van der Waals surface area contributed by atoms with Crippen molar-refractivity contribution in [2.75, 3.05) is 26.4 Å². The fourth-order valence-electron chi connectivity index (χ4n) is 9.85. The lowest BCUT2D eigenvalue weighted by Crippen LogP contribution is -2.67. The number of nitrogens with zero attached hydrogens (tertiary/aromatic N) is 3. The number of amides is 1. The summed E-state index contributed by atoms with van der Waals surface area (Å²) in [5, 5.41) is 18.7. The van der Waals surface area contributed by atoms with Crippen molar-refractivity contribution in [1.29, 1.82) is 0 Å². The molecule has 0 spiro atoms. The Morgan fingerprint density at radius 3 is 1.93 bits per heavy atom. The Kier molecular flexibility index (Phi) is 19.6. The molecule has 4 aliphatic rings. The second-order valence-electron chi connectivity index (χ2n) is 21.5. The molecule has 5 aromatic rings. The first-order valence-corrected chi connectivity index (χ1v) is 31.2. The van der Waals surface area contributed by atoms with E-state index in [0.29, 0.717) is 11.1 Å². The fourth-order valence-corrected chi connectivity index (χ4v) is 12.3. The molecule has 2 saturated heterocycles. The molecule has 2 fully saturated rings. The van der Waals surface area contributed by atoms with Crippen LogP contribution in [0.4, 0.5) is 9.59 Å². The SMILES string of the molecule is C=CCOC(=O)O[C@@H]1C(NC(=O)OCC2c3ccccc3-c3ccccc32)[C@H](OCC2OC(O[Si](C)(C)C(C)(C)C)C(N=[N+]=[N-])[C@@H](O)[C@@H]2OCc2ccccc2)OC(COCc2ccccc2)[C@H]1OP1(=O)OCc2ccccc2CO1. The van der Waals surface area contributed by atoms with Crippen LogP contribution in [0.2, 0.25) is 18.1 Å². The van der Waals surface area contributed by atoms with Crippen molar-refractivity contribution < 1.29 is 75.2 Å². The molecule has 5 unspecified atom stereocenters. The lowest BCUT2D eigenvalue weighted by molar-refractivity contribution is -0.299. The van der Waals surface area contributed by atoms with E-state index in [-0.39, 0.29) is 57.2 Å². The molecule has 3 heterocycles. The highest BCUT2D eigenvalue weighted by molar-refractivity contribution is 7.48. The minimum Gasteiger partial charge on any atom is -0.449 e. The standard InChI is InChI=1S/C59H69N4O16PSi/c1-7-30-69-58(66)77-54-50(61-57(65)72-35-46-44-28-18-16-26-42(44)43-27-17-19-29-45(43)46)55(75-47(36-68-31-38-20-10-8-11-21-38)53(54)78-80(67)73-33-40-24-14-15-25-41(40)34-74-80)71-37-48-52(70-32-39-22-12-9-13-23-39)51(64)49(62-63-60)56(76-48)79-81(5,6)59(2,3)4/h7-29,46-56,64H,1,30-37H2,2-6H3,(H,61,65)/t47?,48?,49?,50?,51-,52-,53-,54-,55-,56?/m1/s1. The zero-order valence-corrected chi connectivity index (χ0v) is 47.7. The summed E-state index contributed by atoms with van der Waals surface area (Å²) in [5.74, 6) is -0.349. The Labute approximate surface area is 472 Å². The van der Waals surface area contributed by atoms with Gasteiger partial charge < -0.3 is 52.7 Å². The summed E-state index contributed by atoms with van der Waals surface area (Å²) in [4.78, 5) is 31.6. The molecule has 10 atom stereocenters. The number of nitrogens with one attached hydrogen (secondary N) is 1. The van der Waals surface area contributed by atoms with Gasteiger partial charge in [-0.25, -0.2) is 14.2 Å². The predicted octanol–water partition coefficient (Wildman–Crippen LogP) is 11.2. The van der Waals surface area contributed by atoms with E-state index in [4.69, 9.17) is 55.9 Å². The second kappa shape index (κ2) is 26.8. The first kappa shape index (κ1) is 59.4. The number of hydrogen-bond acceptors (Lipinski definition) is 17. The van der Waals surface area contributed by atoms with Crippen LogP contribution in [0.3, 0.4) is 0 Å². The summed E-state index contributed by atoms with van der Waals surface area (Å²) in [6.45, 7) is 12.3. The van der Waals surface area contributed by atoms with Crippen LogP contribution in [-0.2, 0) is 86.9 Å². The van der Waals surface area contributed by atoms with E-state index in [0.717, 1.165) is 33.4 Å². The summed E-state index contributed by atoms with van der Waals surface area (Å²) in [6.07, 6.45) is -12.4.